The molecule has 0 N–H and O–H groups in total. The summed E-state index contributed by atoms with van der Waals surface area (Å²) in [6, 6.07) is 9.58. The standard InChI is InChI=1S/C15H12F2O/c1-9-5-3-4-6-11(9)15(18)12-8-7-10(2)13(16)14(12)17/h3-8H,1-2H3. The molecule has 3 heteroatoms. The van der Waals surface area contributed by atoms with Crippen molar-refractivity contribution in [3.63, 3.8) is 0 Å². The van der Waals surface area contributed by atoms with E-state index in [1.54, 1.807) is 31.2 Å². The predicted octanol–water partition coefficient (Wildman–Crippen LogP) is 3.81. The third-order valence-electron chi connectivity index (χ3n) is 2.91. The SMILES string of the molecule is Cc1ccccc1C(=O)c1ccc(C)c(F)c1F. The zero-order chi connectivity index (χ0) is 13.3. The normalized spacial score (nSPS) is 10.4. The number of carbonyl (C=O) groups excluding carboxylic acids is 1. The van der Waals surface area contributed by atoms with Crippen molar-refractivity contribution in [3.05, 3.63) is 70.3 Å². The van der Waals surface area contributed by atoms with Crippen molar-refractivity contribution in [1.29, 1.82) is 0 Å². The van der Waals surface area contributed by atoms with Gasteiger partial charge in [-0.2, -0.15) is 0 Å². The number of hydrogen-bond donors (Lipinski definition) is 0. The van der Waals surface area contributed by atoms with Gasteiger partial charge in [-0.3, -0.25) is 4.79 Å². The lowest BCUT2D eigenvalue weighted by atomic mass is 9.98. The maximum atomic E-state index is 13.7. The highest BCUT2D eigenvalue weighted by Crippen LogP contribution is 2.20. The Morgan fingerprint density at radius 2 is 1.50 bits per heavy atom. The molecular formula is C15H12F2O. The van der Waals surface area contributed by atoms with Crippen LogP contribution in [0.3, 0.4) is 0 Å². The number of ketones is 1. The monoisotopic (exact) mass is 246 g/mol. The minimum Gasteiger partial charge on any atom is -0.288 e. The molecule has 2 rings (SSSR count). The van der Waals surface area contributed by atoms with E-state index in [1.165, 1.54) is 19.1 Å². The summed E-state index contributed by atoms with van der Waals surface area (Å²) in [4.78, 5) is 12.1. The number of halogens is 2. The van der Waals surface area contributed by atoms with E-state index in [0.717, 1.165) is 5.56 Å². The molecule has 0 fully saturated rings. The quantitative estimate of drug-likeness (QED) is 0.736. The predicted molar refractivity (Wildman–Crippen MR) is 65.7 cm³/mol. The number of carbonyl (C=O) groups is 1. The molecule has 0 spiro atoms. The molecule has 18 heavy (non-hydrogen) atoms. The molecule has 1 nitrogen and oxygen atoms in total. The van der Waals surface area contributed by atoms with E-state index in [-0.39, 0.29) is 11.1 Å². The second kappa shape index (κ2) is 4.69. The van der Waals surface area contributed by atoms with Gasteiger partial charge in [0.15, 0.2) is 17.4 Å². The van der Waals surface area contributed by atoms with Gasteiger partial charge in [0.2, 0.25) is 0 Å². The molecule has 0 amide bonds. The molecule has 0 atom stereocenters. The first-order valence-corrected chi connectivity index (χ1v) is 5.57. The lowest BCUT2D eigenvalue weighted by Crippen LogP contribution is -2.08. The van der Waals surface area contributed by atoms with Crippen LogP contribution >= 0.6 is 0 Å². The highest BCUT2D eigenvalue weighted by atomic mass is 19.2. The number of rotatable bonds is 2. The van der Waals surface area contributed by atoms with E-state index in [0.29, 0.717) is 5.56 Å². The van der Waals surface area contributed by atoms with E-state index in [9.17, 15) is 13.6 Å². The van der Waals surface area contributed by atoms with Gasteiger partial charge < -0.3 is 0 Å². The van der Waals surface area contributed by atoms with Gasteiger partial charge in [-0.15, -0.1) is 0 Å². The fourth-order valence-electron chi connectivity index (χ4n) is 1.79. The highest BCUT2D eigenvalue weighted by Gasteiger charge is 2.19. The summed E-state index contributed by atoms with van der Waals surface area (Å²) in [7, 11) is 0. The Kier molecular flexibility index (Phi) is 3.24. The van der Waals surface area contributed by atoms with Gasteiger partial charge in [0.1, 0.15) is 0 Å². The minimum atomic E-state index is -1.08. The van der Waals surface area contributed by atoms with Crippen LogP contribution in [0.25, 0.3) is 0 Å². The fourth-order valence-corrected chi connectivity index (χ4v) is 1.79. The van der Waals surface area contributed by atoms with Crippen LogP contribution in [0.4, 0.5) is 8.78 Å². The lowest BCUT2D eigenvalue weighted by molar-refractivity contribution is 0.103. The Morgan fingerprint density at radius 3 is 2.17 bits per heavy atom. The largest absolute Gasteiger partial charge is 0.288 e. The van der Waals surface area contributed by atoms with Crippen molar-refractivity contribution >= 4 is 5.78 Å². The number of benzene rings is 2. The Morgan fingerprint density at radius 1 is 0.833 bits per heavy atom. The molecule has 0 saturated heterocycles. The molecule has 0 heterocycles. The third-order valence-corrected chi connectivity index (χ3v) is 2.91. The van der Waals surface area contributed by atoms with Crippen molar-refractivity contribution in [2.45, 2.75) is 13.8 Å². The highest BCUT2D eigenvalue weighted by molar-refractivity contribution is 6.10. The molecule has 2 aromatic rings. The minimum absolute atomic E-state index is 0.189. The van der Waals surface area contributed by atoms with Crippen molar-refractivity contribution in [1.82, 2.24) is 0 Å². The van der Waals surface area contributed by atoms with E-state index < -0.39 is 17.4 Å². The summed E-state index contributed by atoms with van der Waals surface area (Å²) in [5, 5.41) is 0. The van der Waals surface area contributed by atoms with Crippen LogP contribution in [-0.2, 0) is 0 Å². The van der Waals surface area contributed by atoms with Crippen LogP contribution in [0.1, 0.15) is 27.0 Å². The fraction of sp³-hybridized carbons (Fsp3) is 0.133. The molecule has 0 radical (unpaired) electrons. The van der Waals surface area contributed by atoms with Gasteiger partial charge in [-0.1, -0.05) is 30.3 Å². The number of hydrogen-bond acceptors (Lipinski definition) is 1. The summed E-state index contributed by atoms with van der Waals surface area (Å²) in [6.45, 7) is 3.22. The van der Waals surface area contributed by atoms with Crippen LogP contribution in [0, 0.1) is 25.5 Å². The first-order chi connectivity index (χ1) is 8.52. The van der Waals surface area contributed by atoms with Crippen molar-refractivity contribution < 1.29 is 13.6 Å². The van der Waals surface area contributed by atoms with Gasteiger partial charge in [0.05, 0.1) is 5.56 Å². The lowest BCUT2D eigenvalue weighted by Gasteiger charge is -2.07. The van der Waals surface area contributed by atoms with Crippen LogP contribution in [0.2, 0.25) is 0 Å². The number of aryl methyl sites for hydroxylation is 2. The summed E-state index contributed by atoms with van der Waals surface area (Å²) >= 11 is 0. The zero-order valence-electron chi connectivity index (χ0n) is 10.1. The van der Waals surface area contributed by atoms with E-state index in [4.69, 9.17) is 0 Å². The van der Waals surface area contributed by atoms with Crippen LogP contribution in [0.5, 0.6) is 0 Å². The van der Waals surface area contributed by atoms with Gasteiger partial charge >= 0.3 is 0 Å². The second-order valence-corrected chi connectivity index (χ2v) is 4.20. The molecule has 0 saturated carbocycles. The summed E-state index contributed by atoms with van der Waals surface area (Å²) in [5.41, 5.74) is 1.09. The molecule has 0 aliphatic carbocycles. The summed E-state index contributed by atoms with van der Waals surface area (Å²) in [6.07, 6.45) is 0. The summed E-state index contributed by atoms with van der Waals surface area (Å²) in [5.74, 6) is -2.54. The maximum Gasteiger partial charge on any atom is 0.196 e. The Balaban J connectivity index is 2.54. The molecule has 0 bridgehead atoms. The van der Waals surface area contributed by atoms with E-state index in [1.807, 2.05) is 0 Å². The molecule has 2 aromatic carbocycles. The average molecular weight is 246 g/mol. The van der Waals surface area contributed by atoms with Gasteiger partial charge in [-0.25, -0.2) is 8.78 Å². The van der Waals surface area contributed by atoms with Crippen molar-refractivity contribution in [3.8, 4) is 0 Å². The molecule has 0 aliphatic rings. The first kappa shape index (κ1) is 12.4. The van der Waals surface area contributed by atoms with Gasteiger partial charge in [0, 0.05) is 5.56 Å². The molecule has 0 unspecified atom stereocenters. The molecular weight excluding hydrogens is 234 g/mol. The van der Waals surface area contributed by atoms with Crippen LogP contribution in [0.15, 0.2) is 36.4 Å². The summed E-state index contributed by atoms with van der Waals surface area (Å²) < 4.78 is 27.2. The molecule has 92 valence electrons. The van der Waals surface area contributed by atoms with Crippen LogP contribution < -0.4 is 0 Å². The maximum absolute atomic E-state index is 13.7. The van der Waals surface area contributed by atoms with Crippen molar-refractivity contribution in [2.75, 3.05) is 0 Å². The molecule has 0 aromatic heterocycles. The topological polar surface area (TPSA) is 17.1 Å². The van der Waals surface area contributed by atoms with Gasteiger partial charge in [0.25, 0.3) is 0 Å². The zero-order valence-corrected chi connectivity index (χ0v) is 10.1. The third kappa shape index (κ3) is 2.04. The Hall–Kier alpha value is -2.03. The Bertz CT molecular complexity index is 618. The smallest absolute Gasteiger partial charge is 0.196 e. The Labute approximate surface area is 104 Å². The molecule has 0 aliphatic heterocycles. The van der Waals surface area contributed by atoms with E-state index >= 15 is 0 Å². The average Bonchev–Trinajstić information content (AvgIpc) is 2.36. The first-order valence-electron chi connectivity index (χ1n) is 5.57. The van der Waals surface area contributed by atoms with Gasteiger partial charge in [-0.05, 0) is 31.0 Å². The van der Waals surface area contributed by atoms with E-state index in [2.05, 4.69) is 0 Å². The van der Waals surface area contributed by atoms with Crippen molar-refractivity contribution in [2.24, 2.45) is 0 Å². The van der Waals surface area contributed by atoms with Crippen LogP contribution in [-0.4, -0.2) is 5.78 Å². The second-order valence-electron chi connectivity index (χ2n) is 4.20.